The zero-order chi connectivity index (χ0) is 19.6. The summed E-state index contributed by atoms with van der Waals surface area (Å²) in [5, 5.41) is 0. The zero-order valence-electron chi connectivity index (χ0n) is 16.5. The van der Waals surface area contributed by atoms with Gasteiger partial charge in [0.15, 0.2) is 0 Å². The number of hydrogen-bond acceptors (Lipinski definition) is 2. The van der Waals surface area contributed by atoms with E-state index < -0.39 is 5.60 Å². The Balaban J connectivity index is -0.000000280. The first-order chi connectivity index (χ1) is 13.1. The van der Waals surface area contributed by atoms with Gasteiger partial charge in [0.25, 0.3) is 0 Å². The normalized spacial score (nSPS) is 28.0. The van der Waals surface area contributed by atoms with E-state index in [1.807, 2.05) is 0 Å². The molecule has 1 amide bonds. The van der Waals surface area contributed by atoms with Crippen molar-refractivity contribution in [3.8, 4) is 47.4 Å². The van der Waals surface area contributed by atoms with Gasteiger partial charge in [-0.15, -0.1) is 0 Å². The molecule has 0 bridgehead atoms. The molecule has 1 saturated heterocycles. The van der Waals surface area contributed by atoms with Crippen LogP contribution >= 0.6 is 0 Å². The summed E-state index contributed by atoms with van der Waals surface area (Å²) in [6, 6.07) is 0. The van der Waals surface area contributed by atoms with Gasteiger partial charge in [-0.1, -0.05) is 57.3 Å². The molecule has 3 atom stereocenters. The van der Waals surface area contributed by atoms with Crippen molar-refractivity contribution in [3.63, 3.8) is 0 Å². The second-order valence-electron chi connectivity index (χ2n) is 7.40. The first kappa shape index (κ1) is 21.0. The van der Waals surface area contributed by atoms with Crippen LogP contribution in [0.25, 0.3) is 0 Å². The third kappa shape index (κ3) is 4.69. The lowest BCUT2D eigenvalue weighted by atomic mass is 9.55. The van der Waals surface area contributed by atoms with Crippen LogP contribution < -0.4 is 5.73 Å². The second kappa shape index (κ2) is 10.1. The van der Waals surface area contributed by atoms with Gasteiger partial charge in [0.2, 0.25) is 5.91 Å². The van der Waals surface area contributed by atoms with Crippen molar-refractivity contribution in [2.75, 3.05) is 6.61 Å². The topological polar surface area (TPSA) is 52.3 Å². The van der Waals surface area contributed by atoms with E-state index in [0.29, 0.717) is 6.61 Å². The monoisotopic (exact) mass is 377 g/mol. The highest BCUT2D eigenvalue weighted by Crippen LogP contribution is 2.57. The minimum Gasteiger partial charge on any atom is -0.371 e. The van der Waals surface area contributed by atoms with Crippen LogP contribution in [0.3, 0.4) is 0 Å². The van der Waals surface area contributed by atoms with Gasteiger partial charge in [0.1, 0.15) is 0 Å². The molecule has 0 aromatic rings. The number of nitrogens with two attached hydrogens (primary N) is 1. The number of carbonyl (C=O) groups is 1. The molecule has 1 spiro atoms. The van der Waals surface area contributed by atoms with Gasteiger partial charge in [0.05, 0.1) is 23.5 Å². The lowest BCUT2D eigenvalue weighted by molar-refractivity contribution is -0.277. The smallest absolute Gasteiger partial charge is 0.223 e. The van der Waals surface area contributed by atoms with E-state index in [9.17, 15) is 4.79 Å². The van der Waals surface area contributed by atoms with Crippen LogP contribution in [0.1, 0.15) is 81.6 Å². The third-order valence-corrected chi connectivity index (χ3v) is 5.78. The molecule has 3 nitrogen and oxygen atoms in total. The Morgan fingerprint density at radius 2 is 1.85 bits per heavy atom. The van der Waals surface area contributed by atoms with Gasteiger partial charge in [-0.05, 0) is 61.7 Å². The van der Waals surface area contributed by atoms with E-state index in [2.05, 4.69) is 54.3 Å². The van der Waals surface area contributed by atoms with Gasteiger partial charge < -0.3 is 10.5 Å². The highest BCUT2D eigenvalue weighted by atomic mass is 16.5. The number of unbranched alkanes of at least 4 members (excludes halogenated alkanes) is 3. The number of carbonyl (C=O) groups excluding carboxylic acids is 1. The molecule has 1 heterocycles. The maximum absolute atomic E-state index is 12.1. The molecule has 1 aliphatic carbocycles. The fourth-order valence-corrected chi connectivity index (χ4v) is 4.37. The average Bonchev–Trinajstić information content (AvgIpc) is 2.67. The first-order valence-corrected chi connectivity index (χ1v) is 9.99. The van der Waals surface area contributed by atoms with Gasteiger partial charge in [-0.25, -0.2) is 0 Å². The first-order valence-electron chi connectivity index (χ1n) is 9.99. The summed E-state index contributed by atoms with van der Waals surface area (Å²) in [5.74, 6) is 22.1. The molecule has 0 aromatic heterocycles. The second-order valence-corrected chi connectivity index (χ2v) is 7.40. The molecule has 0 aromatic carbocycles. The van der Waals surface area contributed by atoms with Crippen LogP contribution in [-0.4, -0.2) is 18.1 Å². The van der Waals surface area contributed by atoms with Gasteiger partial charge in [-0.3, -0.25) is 4.79 Å². The molecule has 2 aliphatic rings. The maximum Gasteiger partial charge on any atom is 0.223 e. The van der Waals surface area contributed by atoms with E-state index >= 15 is 0 Å². The van der Waals surface area contributed by atoms with Crippen LogP contribution in [-0.2, 0) is 9.53 Å². The number of hydrogen-bond donors (Lipinski definition) is 1. The average molecular weight is 378 g/mol. The largest absolute Gasteiger partial charge is 0.371 e. The van der Waals surface area contributed by atoms with Crippen LogP contribution in [0.15, 0.2) is 0 Å². The van der Waals surface area contributed by atoms with Crippen LogP contribution in [0.5, 0.6) is 0 Å². The minimum atomic E-state index is -0.530. The molecule has 156 valence electrons. The van der Waals surface area contributed by atoms with E-state index in [1.165, 1.54) is 19.3 Å². The van der Waals surface area contributed by atoms with Crippen molar-refractivity contribution in [2.24, 2.45) is 17.1 Å². The Morgan fingerprint density at radius 3 is 2.48 bits per heavy atom. The molecule has 2 N–H and O–H groups in total. The van der Waals surface area contributed by atoms with E-state index in [1.54, 1.807) is 6.92 Å². The molecule has 3 heteroatoms. The van der Waals surface area contributed by atoms with Crippen molar-refractivity contribution in [1.29, 1.82) is 0 Å². The molecule has 1 aliphatic heterocycles. The van der Waals surface area contributed by atoms with Gasteiger partial charge >= 0.3 is 0 Å². The highest BCUT2D eigenvalue weighted by molar-refractivity contribution is 5.79. The van der Waals surface area contributed by atoms with Crippen molar-refractivity contribution in [1.82, 2.24) is 0 Å². The predicted octanol–water partition coefficient (Wildman–Crippen LogP) is 5.14. The Hall–Kier alpha value is -2.33. The lowest BCUT2D eigenvalue weighted by Crippen LogP contribution is -2.69. The lowest BCUT2D eigenvalue weighted by Gasteiger charge is -2.61. The molecule has 0 radical (unpaired) electrons. The summed E-state index contributed by atoms with van der Waals surface area (Å²) in [5.41, 5.74) is 4.89. The SMILES string of the molecule is CC#CC#CC#CC#CC1(CCCCCC)COC12CCCCC2C(N)=O.[HH].[HH].[HH].[HH].[HH].[HH].[HH]. The summed E-state index contributed by atoms with van der Waals surface area (Å²) in [7, 11) is 0. The molecular weight excluding hydrogens is 334 g/mol. The van der Waals surface area contributed by atoms with E-state index in [4.69, 9.17) is 10.5 Å². The van der Waals surface area contributed by atoms with Crippen molar-refractivity contribution in [2.45, 2.75) is 77.2 Å². The minimum absolute atomic E-state index is 0. The van der Waals surface area contributed by atoms with Gasteiger partial charge in [-0.2, -0.15) is 0 Å². The molecular formula is C24H43NO2. The number of amides is 1. The summed E-state index contributed by atoms with van der Waals surface area (Å²) >= 11 is 0. The fourth-order valence-electron chi connectivity index (χ4n) is 4.37. The molecule has 3 unspecified atom stereocenters. The zero-order valence-corrected chi connectivity index (χ0v) is 16.5. The number of rotatable bonds is 6. The quantitative estimate of drug-likeness (QED) is 0.514. The molecule has 2 fully saturated rings. The standard InChI is InChI=1S/C24H29NO2.7H2/c1-3-5-7-9-10-11-14-18-23(17-13-8-6-4-2)20-27-24(23)19-15-12-16-21(24)22(25)26;;;;;;;/h21H,4,6,8,12-13,15-17,19-20H2,1-2H3,(H2,25,26);7*1H. The van der Waals surface area contributed by atoms with Gasteiger partial charge in [0, 0.05) is 9.99 Å². The molecule has 1 saturated carbocycles. The number of ether oxygens (including phenoxy) is 1. The summed E-state index contributed by atoms with van der Waals surface area (Å²) in [4.78, 5) is 12.1. The van der Waals surface area contributed by atoms with Crippen molar-refractivity contribution in [3.05, 3.63) is 0 Å². The van der Waals surface area contributed by atoms with Crippen LogP contribution in [0.2, 0.25) is 0 Å². The highest BCUT2D eigenvalue weighted by Gasteiger charge is 2.65. The molecule has 2 rings (SSSR count). The Bertz CT molecular complexity index is 808. The summed E-state index contributed by atoms with van der Waals surface area (Å²) in [6.07, 6.45) is 9.30. The number of primary amides is 1. The Labute approximate surface area is 174 Å². The Morgan fingerprint density at radius 1 is 1.11 bits per heavy atom. The van der Waals surface area contributed by atoms with Crippen LogP contribution in [0.4, 0.5) is 0 Å². The van der Waals surface area contributed by atoms with E-state index in [0.717, 1.165) is 38.5 Å². The maximum atomic E-state index is 12.1. The molecule has 27 heavy (non-hydrogen) atoms. The van der Waals surface area contributed by atoms with E-state index in [-0.39, 0.29) is 27.2 Å². The predicted molar refractivity (Wildman–Crippen MR) is 123 cm³/mol. The third-order valence-electron chi connectivity index (χ3n) is 5.78. The van der Waals surface area contributed by atoms with Crippen molar-refractivity contribution < 1.29 is 19.5 Å². The summed E-state index contributed by atoms with van der Waals surface area (Å²) < 4.78 is 6.12. The fraction of sp³-hybridized carbons (Fsp3) is 0.625. The Kier molecular flexibility index (Phi) is 7.86. The van der Waals surface area contributed by atoms with Crippen LogP contribution in [0, 0.1) is 58.7 Å². The van der Waals surface area contributed by atoms with Crippen molar-refractivity contribution >= 4 is 5.91 Å². The summed E-state index contributed by atoms with van der Waals surface area (Å²) in [6.45, 7) is 4.50.